The number of ether oxygens (including phenoxy) is 4. The second-order valence-corrected chi connectivity index (χ2v) is 7.65. The normalized spacial score (nSPS) is 12.1. The van der Waals surface area contributed by atoms with Crippen molar-refractivity contribution in [3.8, 4) is 17.2 Å². The maximum absolute atomic E-state index is 11.8. The van der Waals surface area contributed by atoms with E-state index in [0.29, 0.717) is 31.2 Å². The monoisotopic (exact) mass is 417 g/mol. The minimum absolute atomic E-state index is 0.191. The zero-order valence-electron chi connectivity index (χ0n) is 17.8. The predicted octanol–water partition coefficient (Wildman–Crippen LogP) is 2.82. The first-order chi connectivity index (χ1) is 14.3. The van der Waals surface area contributed by atoms with Crippen LogP contribution in [0.25, 0.3) is 0 Å². The van der Waals surface area contributed by atoms with E-state index in [2.05, 4.69) is 5.32 Å². The van der Waals surface area contributed by atoms with Crippen molar-refractivity contribution in [2.24, 2.45) is 0 Å². The molecule has 0 aliphatic carbocycles. The number of aliphatic hydroxyl groups excluding tert-OH is 1. The molecule has 1 atom stereocenters. The van der Waals surface area contributed by atoms with Crippen LogP contribution in [0.3, 0.4) is 0 Å². The van der Waals surface area contributed by atoms with Crippen LogP contribution >= 0.6 is 0 Å². The molecule has 30 heavy (non-hydrogen) atoms. The largest absolute Gasteiger partial charge is 0.491 e. The Kier molecular flexibility index (Phi) is 9.44. The molecular weight excluding hydrogens is 386 g/mol. The van der Waals surface area contributed by atoms with Crippen molar-refractivity contribution in [2.75, 3.05) is 32.9 Å². The van der Waals surface area contributed by atoms with E-state index in [0.717, 1.165) is 5.75 Å². The standard InChI is InChI=1S/C23H31NO6/c1-23(2,3)30-22(26)17-29-21-12-8-7-11-20(21)27-14-13-24-15-18(25)16-28-19-9-5-4-6-10-19/h4-12,18,24-25H,13-17H2,1-3H3. The van der Waals surface area contributed by atoms with Crippen LogP contribution in [0.15, 0.2) is 54.6 Å². The number of hydrogen-bond donors (Lipinski definition) is 2. The highest BCUT2D eigenvalue weighted by Crippen LogP contribution is 2.26. The van der Waals surface area contributed by atoms with Crippen LogP contribution in [0, 0.1) is 0 Å². The minimum atomic E-state index is -0.630. The fraction of sp³-hybridized carbons (Fsp3) is 0.435. The summed E-state index contributed by atoms with van der Waals surface area (Å²) in [6.45, 7) is 6.72. The molecule has 0 amide bonds. The molecule has 7 heteroatoms. The molecule has 1 unspecified atom stereocenters. The molecule has 0 fully saturated rings. The first-order valence-electron chi connectivity index (χ1n) is 9.96. The van der Waals surface area contributed by atoms with Crippen LogP contribution in [-0.4, -0.2) is 55.7 Å². The summed E-state index contributed by atoms with van der Waals surface area (Å²) in [6, 6.07) is 16.5. The topological polar surface area (TPSA) is 86.3 Å². The van der Waals surface area contributed by atoms with Gasteiger partial charge in [0.2, 0.25) is 0 Å². The summed E-state index contributed by atoms with van der Waals surface area (Å²) in [5, 5.41) is 13.1. The van der Waals surface area contributed by atoms with Gasteiger partial charge in [0.15, 0.2) is 18.1 Å². The van der Waals surface area contributed by atoms with Crippen LogP contribution < -0.4 is 19.5 Å². The maximum atomic E-state index is 11.8. The van der Waals surface area contributed by atoms with Crippen molar-refractivity contribution in [1.82, 2.24) is 5.32 Å². The summed E-state index contributed by atoms with van der Waals surface area (Å²) in [5.41, 5.74) is -0.557. The van der Waals surface area contributed by atoms with Crippen LogP contribution in [0.5, 0.6) is 17.2 Å². The summed E-state index contributed by atoms with van der Waals surface area (Å²) in [4.78, 5) is 11.8. The molecule has 0 radical (unpaired) electrons. The molecular formula is C23H31NO6. The second kappa shape index (κ2) is 12.0. The smallest absolute Gasteiger partial charge is 0.344 e. The van der Waals surface area contributed by atoms with E-state index in [4.69, 9.17) is 18.9 Å². The lowest BCUT2D eigenvalue weighted by Crippen LogP contribution is -2.33. The number of para-hydroxylation sites is 3. The van der Waals surface area contributed by atoms with Crippen LogP contribution in [0.4, 0.5) is 0 Å². The third-order valence-corrected chi connectivity index (χ3v) is 3.72. The number of nitrogens with one attached hydrogen (secondary N) is 1. The summed E-state index contributed by atoms with van der Waals surface area (Å²) in [6.07, 6.45) is -0.630. The van der Waals surface area contributed by atoms with E-state index >= 15 is 0 Å². The number of rotatable bonds is 12. The van der Waals surface area contributed by atoms with Crippen LogP contribution in [-0.2, 0) is 9.53 Å². The SMILES string of the molecule is CC(C)(C)OC(=O)COc1ccccc1OCCNCC(O)COc1ccccc1. The molecule has 0 saturated carbocycles. The summed E-state index contributed by atoms with van der Waals surface area (Å²) < 4.78 is 22.0. The van der Waals surface area contributed by atoms with Gasteiger partial charge in [-0.25, -0.2) is 4.79 Å². The van der Waals surface area contributed by atoms with Gasteiger partial charge in [-0.2, -0.15) is 0 Å². The first-order valence-corrected chi connectivity index (χ1v) is 9.96. The Morgan fingerprint density at radius 1 is 0.967 bits per heavy atom. The summed E-state index contributed by atoms with van der Waals surface area (Å²) >= 11 is 0. The molecule has 0 aliphatic rings. The van der Waals surface area contributed by atoms with E-state index < -0.39 is 17.7 Å². The third-order valence-electron chi connectivity index (χ3n) is 3.72. The van der Waals surface area contributed by atoms with Gasteiger partial charge in [-0.3, -0.25) is 0 Å². The summed E-state index contributed by atoms with van der Waals surface area (Å²) in [5.74, 6) is 1.30. The fourth-order valence-electron chi connectivity index (χ4n) is 2.47. The number of carbonyl (C=O) groups is 1. The van der Waals surface area contributed by atoms with Gasteiger partial charge in [-0.05, 0) is 45.0 Å². The van der Waals surface area contributed by atoms with Gasteiger partial charge in [-0.15, -0.1) is 0 Å². The average Bonchev–Trinajstić information content (AvgIpc) is 2.71. The lowest BCUT2D eigenvalue weighted by atomic mass is 10.2. The lowest BCUT2D eigenvalue weighted by molar-refractivity contribution is -0.157. The second-order valence-electron chi connectivity index (χ2n) is 7.65. The lowest BCUT2D eigenvalue weighted by Gasteiger charge is -2.20. The highest BCUT2D eigenvalue weighted by Gasteiger charge is 2.17. The van der Waals surface area contributed by atoms with E-state index in [9.17, 15) is 9.90 Å². The van der Waals surface area contributed by atoms with Gasteiger partial charge < -0.3 is 29.4 Å². The van der Waals surface area contributed by atoms with Crippen molar-refractivity contribution < 1.29 is 28.8 Å². The van der Waals surface area contributed by atoms with Gasteiger partial charge in [0.25, 0.3) is 0 Å². The molecule has 0 aromatic heterocycles. The molecule has 0 bridgehead atoms. The average molecular weight is 418 g/mol. The number of hydrogen-bond acceptors (Lipinski definition) is 7. The van der Waals surface area contributed by atoms with E-state index in [1.54, 1.807) is 39.0 Å². The van der Waals surface area contributed by atoms with Crippen LogP contribution in [0.2, 0.25) is 0 Å². The number of carbonyl (C=O) groups excluding carboxylic acids is 1. The molecule has 2 N–H and O–H groups in total. The van der Waals surface area contributed by atoms with Crippen molar-refractivity contribution in [3.05, 3.63) is 54.6 Å². The molecule has 0 aliphatic heterocycles. The van der Waals surface area contributed by atoms with Gasteiger partial charge in [-0.1, -0.05) is 30.3 Å². The van der Waals surface area contributed by atoms with E-state index in [-0.39, 0.29) is 13.2 Å². The zero-order chi connectivity index (χ0) is 21.8. The number of esters is 1. The van der Waals surface area contributed by atoms with Gasteiger partial charge in [0.05, 0.1) is 0 Å². The fourth-order valence-corrected chi connectivity index (χ4v) is 2.47. The Bertz CT molecular complexity index is 760. The molecule has 2 aromatic carbocycles. The van der Waals surface area contributed by atoms with Crippen molar-refractivity contribution in [1.29, 1.82) is 0 Å². The Hall–Kier alpha value is -2.77. The Morgan fingerprint density at radius 2 is 1.60 bits per heavy atom. The molecule has 7 nitrogen and oxygen atoms in total. The Balaban J connectivity index is 1.65. The Morgan fingerprint density at radius 3 is 2.27 bits per heavy atom. The highest BCUT2D eigenvalue weighted by molar-refractivity contribution is 5.71. The third kappa shape index (κ3) is 9.62. The zero-order valence-corrected chi connectivity index (χ0v) is 17.8. The molecule has 2 rings (SSSR count). The predicted molar refractivity (Wildman–Crippen MR) is 114 cm³/mol. The maximum Gasteiger partial charge on any atom is 0.344 e. The number of benzene rings is 2. The van der Waals surface area contributed by atoms with Crippen molar-refractivity contribution in [2.45, 2.75) is 32.5 Å². The van der Waals surface area contributed by atoms with Crippen LogP contribution in [0.1, 0.15) is 20.8 Å². The molecule has 0 saturated heterocycles. The minimum Gasteiger partial charge on any atom is -0.491 e. The van der Waals surface area contributed by atoms with Gasteiger partial charge >= 0.3 is 5.97 Å². The molecule has 0 heterocycles. The quantitative estimate of drug-likeness (QED) is 0.406. The molecule has 0 spiro atoms. The van der Waals surface area contributed by atoms with Gasteiger partial charge in [0, 0.05) is 13.1 Å². The first kappa shape index (κ1) is 23.5. The molecule has 164 valence electrons. The highest BCUT2D eigenvalue weighted by atomic mass is 16.6. The van der Waals surface area contributed by atoms with Gasteiger partial charge in [0.1, 0.15) is 30.7 Å². The van der Waals surface area contributed by atoms with E-state index in [1.807, 2.05) is 36.4 Å². The van der Waals surface area contributed by atoms with Crippen molar-refractivity contribution >= 4 is 5.97 Å². The summed E-state index contributed by atoms with van der Waals surface area (Å²) in [7, 11) is 0. The number of aliphatic hydroxyl groups is 1. The Labute approximate surface area is 177 Å². The van der Waals surface area contributed by atoms with E-state index in [1.165, 1.54) is 0 Å². The van der Waals surface area contributed by atoms with Crippen molar-refractivity contribution in [3.63, 3.8) is 0 Å². The molecule has 2 aromatic rings.